The van der Waals surface area contributed by atoms with Crippen molar-refractivity contribution in [1.29, 1.82) is 0 Å². The summed E-state index contributed by atoms with van der Waals surface area (Å²) < 4.78 is 24.4. The second-order valence-electron chi connectivity index (χ2n) is 7.84. The molecular formula is C24H21ClFN7O. The van der Waals surface area contributed by atoms with Gasteiger partial charge in [0.2, 0.25) is 5.95 Å². The Balaban J connectivity index is 1.28. The number of hydrogen-bond acceptors (Lipinski definition) is 6. The maximum Gasteiger partial charge on any atom is 0.321 e. The van der Waals surface area contributed by atoms with E-state index in [1.54, 1.807) is 22.4 Å². The molecule has 34 heavy (non-hydrogen) atoms. The summed E-state index contributed by atoms with van der Waals surface area (Å²) in [5.41, 5.74) is 3.46. The number of imidazole rings is 1. The molecule has 2 aromatic carbocycles. The summed E-state index contributed by atoms with van der Waals surface area (Å²) in [7, 11) is 3.64. The van der Waals surface area contributed by atoms with Gasteiger partial charge in [0, 0.05) is 33.3 Å². The molecule has 8 nitrogen and oxygen atoms in total. The molecule has 10 heteroatoms. The molecule has 3 heterocycles. The van der Waals surface area contributed by atoms with Gasteiger partial charge < -0.3 is 14.6 Å². The zero-order valence-electron chi connectivity index (χ0n) is 18.5. The molecular weight excluding hydrogens is 457 g/mol. The van der Waals surface area contributed by atoms with Crippen molar-refractivity contribution in [2.45, 2.75) is 13.0 Å². The van der Waals surface area contributed by atoms with Gasteiger partial charge in [0.05, 0.1) is 28.6 Å². The smallest absolute Gasteiger partial charge is 0.321 e. The molecule has 0 saturated carbocycles. The molecule has 0 aliphatic rings. The Hall–Kier alpha value is -3.98. The number of aromatic nitrogens is 6. The van der Waals surface area contributed by atoms with Crippen LogP contribution in [0.5, 0.6) is 11.8 Å². The van der Waals surface area contributed by atoms with E-state index in [0.717, 1.165) is 11.3 Å². The first-order chi connectivity index (χ1) is 16.5. The number of rotatable bonds is 7. The van der Waals surface area contributed by atoms with Crippen molar-refractivity contribution in [1.82, 2.24) is 29.3 Å². The minimum absolute atomic E-state index is 0.222. The van der Waals surface area contributed by atoms with Crippen molar-refractivity contribution in [2.24, 2.45) is 14.1 Å². The number of benzene rings is 2. The van der Waals surface area contributed by atoms with E-state index >= 15 is 4.39 Å². The minimum atomic E-state index is -0.280. The van der Waals surface area contributed by atoms with Crippen LogP contribution in [-0.2, 0) is 27.1 Å². The lowest BCUT2D eigenvalue weighted by Gasteiger charge is -2.08. The highest BCUT2D eigenvalue weighted by molar-refractivity contribution is 6.30. The number of hydrogen-bond donors (Lipinski definition) is 1. The Labute approximate surface area is 200 Å². The minimum Gasteiger partial charge on any atom is -0.424 e. The highest BCUT2D eigenvalue weighted by Gasteiger charge is 2.16. The van der Waals surface area contributed by atoms with Crippen LogP contribution < -0.4 is 10.1 Å². The highest BCUT2D eigenvalue weighted by Crippen LogP contribution is 2.26. The first-order valence-corrected chi connectivity index (χ1v) is 10.9. The molecule has 0 radical (unpaired) electrons. The Morgan fingerprint density at radius 2 is 1.79 bits per heavy atom. The third-order valence-corrected chi connectivity index (χ3v) is 5.57. The molecule has 0 unspecified atom stereocenters. The van der Waals surface area contributed by atoms with Crippen molar-refractivity contribution in [3.05, 3.63) is 88.7 Å². The Kier molecular flexibility index (Phi) is 5.85. The van der Waals surface area contributed by atoms with E-state index in [1.165, 1.54) is 12.4 Å². The second-order valence-corrected chi connectivity index (χ2v) is 8.28. The van der Waals surface area contributed by atoms with Crippen LogP contribution in [0.1, 0.15) is 16.8 Å². The standard InChI is InChI=1S/C24H21ClFN7O/c1-32-10-9-18(31-32)11-16-5-8-20-22(21(16)26)33(2)23(30-20)27-12-15-3-6-19(7-4-15)34-24-28-13-17(25)14-29-24/h3-10,13-14H,11-12H2,1-2H3,(H,27,30). The summed E-state index contributed by atoms with van der Waals surface area (Å²) in [5, 5.41) is 8.07. The van der Waals surface area contributed by atoms with Gasteiger partial charge in [-0.25, -0.2) is 19.3 Å². The van der Waals surface area contributed by atoms with Crippen LogP contribution in [-0.4, -0.2) is 29.3 Å². The van der Waals surface area contributed by atoms with Crippen LogP contribution in [0.2, 0.25) is 5.02 Å². The largest absolute Gasteiger partial charge is 0.424 e. The van der Waals surface area contributed by atoms with Crippen molar-refractivity contribution >= 4 is 28.6 Å². The second kappa shape index (κ2) is 9.11. The zero-order valence-corrected chi connectivity index (χ0v) is 19.3. The summed E-state index contributed by atoms with van der Waals surface area (Å²) in [5.74, 6) is 0.909. The number of aryl methyl sites for hydroxylation is 2. The maximum absolute atomic E-state index is 15.3. The topological polar surface area (TPSA) is 82.7 Å². The Bertz CT molecular complexity index is 1450. The predicted molar refractivity (Wildman–Crippen MR) is 128 cm³/mol. The quantitative estimate of drug-likeness (QED) is 0.359. The molecule has 5 rings (SSSR count). The first-order valence-electron chi connectivity index (χ1n) is 10.6. The van der Waals surface area contributed by atoms with Gasteiger partial charge in [0.1, 0.15) is 11.3 Å². The number of halogens is 2. The number of ether oxygens (including phenoxy) is 1. The van der Waals surface area contributed by atoms with Gasteiger partial charge in [-0.1, -0.05) is 29.8 Å². The van der Waals surface area contributed by atoms with E-state index in [9.17, 15) is 0 Å². The van der Waals surface area contributed by atoms with Crippen molar-refractivity contribution in [3.63, 3.8) is 0 Å². The molecule has 1 N–H and O–H groups in total. The van der Waals surface area contributed by atoms with Gasteiger partial charge >= 0.3 is 6.01 Å². The van der Waals surface area contributed by atoms with E-state index in [4.69, 9.17) is 16.3 Å². The highest BCUT2D eigenvalue weighted by atomic mass is 35.5. The van der Waals surface area contributed by atoms with E-state index in [-0.39, 0.29) is 11.8 Å². The fourth-order valence-corrected chi connectivity index (χ4v) is 3.76. The fraction of sp³-hybridized carbons (Fsp3) is 0.167. The Morgan fingerprint density at radius 1 is 1.03 bits per heavy atom. The molecule has 0 aliphatic heterocycles. The summed E-state index contributed by atoms with van der Waals surface area (Å²) in [6.45, 7) is 0.511. The van der Waals surface area contributed by atoms with Crippen LogP contribution in [0.15, 0.2) is 61.1 Å². The van der Waals surface area contributed by atoms with E-state index < -0.39 is 0 Å². The predicted octanol–water partition coefficient (Wildman–Crippen LogP) is 4.88. The van der Waals surface area contributed by atoms with Gasteiger partial charge in [-0.05, 0) is 35.4 Å². The molecule has 5 aromatic rings. The van der Waals surface area contributed by atoms with Crippen LogP contribution in [0.25, 0.3) is 11.0 Å². The lowest BCUT2D eigenvalue weighted by atomic mass is 10.1. The van der Waals surface area contributed by atoms with E-state index in [0.29, 0.717) is 46.3 Å². The monoisotopic (exact) mass is 477 g/mol. The lowest BCUT2D eigenvalue weighted by Crippen LogP contribution is -2.05. The van der Waals surface area contributed by atoms with Crippen LogP contribution >= 0.6 is 11.6 Å². The molecule has 172 valence electrons. The molecule has 0 spiro atoms. The van der Waals surface area contributed by atoms with E-state index in [1.807, 2.05) is 49.6 Å². The SMILES string of the molecule is Cn1ccc(Cc2ccc3nc(NCc4ccc(Oc5ncc(Cl)cn5)cc4)n(C)c3c2F)n1. The van der Waals surface area contributed by atoms with Gasteiger partial charge in [-0.15, -0.1) is 0 Å². The summed E-state index contributed by atoms with van der Waals surface area (Å²) in [6, 6.07) is 13.2. The molecule has 0 amide bonds. The summed E-state index contributed by atoms with van der Waals surface area (Å²) in [4.78, 5) is 12.6. The number of nitrogens with one attached hydrogen (secondary N) is 1. The van der Waals surface area contributed by atoms with Gasteiger partial charge in [-0.2, -0.15) is 5.10 Å². The number of nitrogens with zero attached hydrogens (tertiary/aromatic N) is 6. The average molecular weight is 478 g/mol. The summed E-state index contributed by atoms with van der Waals surface area (Å²) in [6.07, 6.45) is 5.22. The molecule has 0 saturated heterocycles. The van der Waals surface area contributed by atoms with Crippen molar-refractivity contribution in [3.8, 4) is 11.8 Å². The maximum atomic E-state index is 15.3. The fourth-order valence-electron chi connectivity index (χ4n) is 3.66. The van der Waals surface area contributed by atoms with Crippen LogP contribution in [0, 0.1) is 5.82 Å². The molecule has 3 aromatic heterocycles. The molecule has 0 aliphatic carbocycles. The molecule has 0 fully saturated rings. The van der Waals surface area contributed by atoms with Crippen molar-refractivity contribution in [2.75, 3.05) is 5.32 Å². The average Bonchev–Trinajstić information content (AvgIpc) is 3.39. The number of fused-ring (bicyclic) bond motifs is 1. The number of anilines is 1. The third kappa shape index (κ3) is 4.55. The van der Waals surface area contributed by atoms with Crippen molar-refractivity contribution < 1.29 is 9.13 Å². The van der Waals surface area contributed by atoms with Gasteiger partial charge in [-0.3, -0.25) is 4.68 Å². The van der Waals surface area contributed by atoms with Crippen LogP contribution in [0.3, 0.4) is 0 Å². The molecule has 0 bridgehead atoms. The first kappa shape index (κ1) is 21.8. The summed E-state index contributed by atoms with van der Waals surface area (Å²) >= 11 is 5.79. The normalized spacial score (nSPS) is 11.2. The van der Waals surface area contributed by atoms with Gasteiger partial charge in [0.15, 0.2) is 5.82 Å². The lowest BCUT2D eigenvalue weighted by molar-refractivity contribution is 0.441. The third-order valence-electron chi connectivity index (χ3n) is 5.37. The van der Waals surface area contributed by atoms with Gasteiger partial charge in [0.25, 0.3) is 0 Å². The van der Waals surface area contributed by atoms with E-state index in [2.05, 4.69) is 25.4 Å². The zero-order chi connectivity index (χ0) is 23.7. The molecule has 0 atom stereocenters. The van der Waals surface area contributed by atoms with Crippen LogP contribution in [0.4, 0.5) is 10.3 Å². The Morgan fingerprint density at radius 3 is 2.50 bits per heavy atom.